The first-order chi connectivity index (χ1) is 16.3. The number of amides is 1. The lowest BCUT2D eigenvalue weighted by atomic mass is 9.71. The lowest BCUT2D eigenvalue weighted by Crippen LogP contribution is -2.52. The van der Waals surface area contributed by atoms with Crippen molar-refractivity contribution in [1.82, 2.24) is 9.88 Å². The molecule has 180 valence electrons. The van der Waals surface area contributed by atoms with E-state index in [2.05, 4.69) is 10.1 Å². The van der Waals surface area contributed by atoms with Crippen LogP contribution < -0.4 is 15.5 Å². The van der Waals surface area contributed by atoms with Crippen LogP contribution in [0.15, 0.2) is 29.2 Å². The lowest BCUT2D eigenvalue weighted by molar-refractivity contribution is -0.134. The number of hydrogen-bond donors (Lipinski definition) is 1. The van der Waals surface area contributed by atoms with Crippen LogP contribution in [-0.2, 0) is 27.4 Å². The number of Topliss-reactive ketones (excluding diaryl/α,β-unsaturated/α-hetero) is 1. The van der Waals surface area contributed by atoms with Crippen molar-refractivity contribution < 1.29 is 37.4 Å². The second-order valence-electron chi connectivity index (χ2n) is 8.36. The van der Waals surface area contributed by atoms with Gasteiger partial charge in [-0.2, -0.15) is 0 Å². The van der Waals surface area contributed by atoms with E-state index in [9.17, 15) is 28.0 Å². The average Bonchev–Trinajstić information content (AvgIpc) is 2.80. The Hall–Kier alpha value is -3.60. The number of hydrogen-bond acceptors (Lipinski definition) is 7. The molecule has 0 saturated carbocycles. The van der Waals surface area contributed by atoms with Crippen molar-refractivity contribution in [3.05, 3.63) is 63.1 Å². The highest BCUT2D eigenvalue weighted by Gasteiger charge is 2.50. The molecule has 0 spiro atoms. The smallest absolute Gasteiger partial charge is 0.295 e. The molecule has 1 saturated heterocycles. The Balaban J connectivity index is 1.70. The van der Waals surface area contributed by atoms with Crippen LogP contribution in [0.2, 0.25) is 0 Å². The summed E-state index contributed by atoms with van der Waals surface area (Å²) in [5.41, 5.74) is -2.14. The van der Waals surface area contributed by atoms with Gasteiger partial charge in [0, 0.05) is 31.0 Å². The number of benzene rings is 1. The Morgan fingerprint density at radius 2 is 2.15 bits per heavy atom. The van der Waals surface area contributed by atoms with Crippen LogP contribution >= 0.6 is 0 Å². The number of halogens is 2. The van der Waals surface area contributed by atoms with Gasteiger partial charge in [-0.3, -0.25) is 19.2 Å². The van der Waals surface area contributed by atoms with Crippen LogP contribution in [0, 0.1) is 17.0 Å². The number of aromatic nitrogens is 1. The third kappa shape index (κ3) is 4.18. The summed E-state index contributed by atoms with van der Waals surface area (Å²) in [6, 6.07) is 2.90. The molecule has 2 atom stereocenters. The number of ether oxygens (including phenoxy) is 3. The number of fused-ring (bicyclic) bond motifs is 2. The predicted octanol–water partition coefficient (Wildman–Crippen LogP) is 1.95. The Morgan fingerprint density at radius 1 is 1.35 bits per heavy atom. The average molecular weight is 476 g/mol. The topological polar surface area (TPSA) is 113 Å². The highest BCUT2D eigenvalue weighted by Crippen LogP contribution is 2.42. The highest BCUT2D eigenvalue weighted by molar-refractivity contribution is 6.03. The molecule has 0 radical (unpaired) electrons. The van der Waals surface area contributed by atoms with Gasteiger partial charge in [-0.05, 0) is 25.8 Å². The molecule has 1 N–H and O–H groups in total. The number of rotatable bonds is 7. The Morgan fingerprint density at radius 3 is 2.88 bits per heavy atom. The van der Waals surface area contributed by atoms with Crippen molar-refractivity contribution in [2.24, 2.45) is 5.41 Å². The first-order valence-electron chi connectivity index (χ1n) is 10.6. The lowest BCUT2D eigenvalue weighted by Gasteiger charge is -2.44. The highest BCUT2D eigenvalue weighted by atomic mass is 19.1. The minimum atomic E-state index is -0.884. The maximum atomic E-state index is 13.9. The van der Waals surface area contributed by atoms with Crippen LogP contribution in [0.25, 0.3) is 0 Å². The van der Waals surface area contributed by atoms with Gasteiger partial charge in [0.05, 0.1) is 18.1 Å². The summed E-state index contributed by atoms with van der Waals surface area (Å²) in [6.45, 7) is 1.61. The molecule has 2 aromatic rings. The Kier molecular flexibility index (Phi) is 6.47. The van der Waals surface area contributed by atoms with Crippen LogP contribution in [0.4, 0.5) is 8.78 Å². The zero-order valence-corrected chi connectivity index (χ0v) is 18.3. The van der Waals surface area contributed by atoms with Crippen LogP contribution in [0.3, 0.4) is 0 Å². The minimum Gasteiger partial charge on any atom is -0.451 e. The molecule has 1 aromatic carbocycles. The summed E-state index contributed by atoms with van der Waals surface area (Å²) < 4.78 is 44.1. The van der Waals surface area contributed by atoms with Crippen molar-refractivity contribution in [2.75, 3.05) is 13.4 Å². The van der Waals surface area contributed by atoms with E-state index in [4.69, 9.17) is 9.47 Å². The van der Waals surface area contributed by atoms with Gasteiger partial charge in [-0.15, -0.1) is 0 Å². The van der Waals surface area contributed by atoms with E-state index in [0.717, 1.165) is 6.07 Å². The fraction of sp³-hybridized carbons (Fsp3) is 0.391. The van der Waals surface area contributed by atoms with Gasteiger partial charge < -0.3 is 24.1 Å². The van der Waals surface area contributed by atoms with Crippen LogP contribution in [0.1, 0.15) is 46.2 Å². The standard InChI is InChI=1S/C23H22F2N2O7/c1-23-5-2-6-33-17(23)10-27-9-15(19(29)20(18(27)21(23)30)34-12-32-11-28)22(31)26-8-13-3-4-14(24)7-16(13)25/h3-4,7,9,11,17H,2,5-6,8,10,12H2,1H3,(H,26,31)/t17-,23-/m0/s1. The molecule has 3 heterocycles. The molecular formula is C23H22F2N2O7. The fourth-order valence-electron chi connectivity index (χ4n) is 4.34. The SMILES string of the molecule is C[C@]12CCCO[C@H]1Cn1cc(C(=O)NCc3ccc(F)cc3F)c(=O)c(OCOC=O)c1C2=O. The van der Waals surface area contributed by atoms with E-state index < -0.39 is 47.0 Å². The molecule has 2 aliphatic rings. The molecule has 34 heavy (non-hydrogen) atoms. The number of ketones is 1. The molecule has 9 nitrogen and oxygen atoms in total. The van der Waals surface area contributed by atoms with Gasteiger partial charge in [-0.1, -0.05) is 6.07 Å². The molecule has 1 fully saturated rings. The van der Waals surface area contributed by atoms with Crippen LogP contribution in [0.5, 0.6) is 5.75 Å². The van der Waals surface area contributed by atoms with Gasteiger partial charge in [0.1, 0.15) is 22.9 Å². The first-order valence-corrected chi connectivity index (χ1v) is 10.6. The van der Waals surface area contributed by atoms with Gasteiger partial charge in [0.15, 0.2) is 11.5 Å². The van der Waals surface area contributed by atoms with Crippen molar-refractivity contribution in [3.8, 4) is 5.75 Å². The van der Waals surface area contributed by atoms with Crippen molar-refractivity contribution in [2.45, 2.75) is 39.0 Å². The van der Waals surface area contributed by atoms with E-state index >= 15 is 0 Å². The second kappa shape index (κ2) is 9.34. The Labute approximate surface area is 192 Å². The van der Waals surface area contributed by atoms with E-state index in [1.807, 2.05) is 0 Å². The van der Waals surface area contributed by atoms with Gasteiger partial charge >= 0.3 is 0 Å². The molecule has 0 aliphatic carbocycles. The number of pyridine rings is 1. The molecule has 1 amide bonds. The van der Waals surface area contributed by atoms with Crippen molar-refractivity contribution in [1.29, 1.82) is 0 Å². The summed E-state index contributed by atoms with van der Waals surface area (Å²) in [6.07, 6.45) is 2.00. The monoisotopic (exact) mass is 476 g/mol. The van der Waals surface area contributed by atoms with E-state index in [0.29, 0.717) is 25.5 Å². The second-order valence-corrected chi connectivity index (χ2v) is 8.36. The normalized spacial score (nSPS) is 21.3. The summed E-state index contributed by atoms with van der Waals surface area (Å²) in [4.78, 5) is 50.0. The maximum Gasteiger partial charge on any atom is 0.295 e. The molecule has 11 heteroatoms. The van der Waals surface area contributed by atoms with Crippen LogP contribution in [-0.4, -0.2) is 42.2 Å². The molecule has 1 aromatic heterocycles. The quantitative estimate of drug-likeness (QED) is 0.369. The zero-order valence-electron chi connectivity index (χ0n) is 18.3. The molecule has 0 bridgehead atoms. The summed E-state index contributed by atoms with van der Waals surface area (Å²) in [5.74, 6) is -3.26. The fourth-order valence-corrected chi connectivity index (χ4v) is 4.34. The van der Waals surface area contributed by atoms with E-state index in [1.54, 1.807) is 6.92 Å². The molecular weight excluding hydrogens is 454 g/mol. The number of carbonyl (C=O) groups excluding carboxylic acids is 3. The third-order valence-electron chi connectivity index (χ3n) is 6.24. The number of nitrogens with zero attached hydrogens (tertiary/aromatic N) is 1. The first kappa shape index (κ1) is 23.6. The van der Waals surface area contributed by atoms with E-state index in [-0.39, 0.29) is 42.2 Å². The Bertz CT molecular complexity index is 1210. The van der Waals surface area contributed by atoms with Gasteiger partial charge in [-0.25, -0.2) is 8.78 Å². The predicted molar refractivity (Wildman–Crippen MR) is 112 cm³/mol. The van der Waals surface area contributed by atoms with Crippen molar-refractivity contribution >= 4 is 18.2 Å². The largest absolute Gasteiger partial charge is 0.451 e. The number of nitrogens with one attached hydrogen (secondary N) is 1. The third-order valence-corrected chi connectivity index (χ3v) is 6.24. The number of carbonyl (C=O) groups is 3. The van der Waals surface area contributed by atoms with Crippen molar-refractivity contribution in [3.63, 3.8) is 0 Å². The molecule has 0 unspecified atom stereocenters. The molecule has 2 aliphatic heterocycles. The van der Waals surface area contributed by atoms with Gasteiger partial charge in [0.2, 0.25) is 12.2 Å². The summed E-state index contributed by atoms with van der Waals surface area (Å²) >= 11 is 0. The minimum absolute atomic E-state index is 0.0187. The van der Waals surface area contributed by atoms with Gasteiger partial charge in [0.25, 0.3) is 12.4 Å². The summed E-state index contributed by atoms with van der Waals surface area (Å²) in [7, 11) is 0. The zero-order chi connectivity index (χ0) is 24.5. The van der Waals surface area contributed by atoms with E-state index in [1.165, 1.54) is 16.8 Å². The maximum absolute atomic E-state index is 13.9. The molecule has 4 rings (SSSR count). The summed E-state index contributed by atoms with van der Waals surface area (Å²) in [5, 5.41) is 2.42.